The first-order chi connectivity index (χ1) is 8.13. The van der Waals surface area contributed by atoms with E-state index in [0.29, 0.717) is 6.04 Å². The Balaban J connectivity index is 2.56. The largest absolute Gasteiger partial charge is 0.314 e. The Morgan fingerprint density at radius 1 is 1.12 bits per heavy atom. The van der Waals surface area contributed by atoms with E-state index in [-0.39, 0.29) is 0 Å². The van der Waals surface area contributed by atoms with Crippen LogP contribution in [0.25, 0.3) is 0 Å². The molecule has 0 spiro atoms. The molecule has 0 amide bonds. The summed E-state index contributed by atoms with van der Waals surface area (Å²) >= 11 is 0. The molecule has 1 rings (SSSR count). The zero-order valence-corrected chi connectivity index (χ0v) is 11.8. The average molecular weight is 233 g/mol. The van der Waals surface area contributed by atoms with Crippen molar-refractivity contribution >= 4 is 0 Å². The molecule has 0 saturated carbocycles. The molecular weight excluding hydrogens is 206 g/mol. The Morgan fingerprint density at radius 3 is 2.41 bits per heavy atom. The molecule has 1 aromatic carbocycles. The zero-order chi connectivity index (χ0) is 12.7. The van der Waals surface area contributed by atoms with Crippen LogP contribution in [-0.2, 0) is 6.42 Å². The summed E-state index contributed by atoms with van der Waals surface area (Å²) in [4.78, 5) is 0. The van der Waals surface area contributed by atoms with Gasteiger partial charge in [0.15, 0.2) is 0 Å². The highest BCUT2D eigenvalue weighted by atomic mass is 14.9. The Kier molecular flexibility index (Phi) is 6.28. The van der Waals surface area contributed by atoms with E-state index in [1.54, 1.807) is 0 Å². The third-order valence-corrected chi connectivity index (χ3v) is 3.31. The molecule has 0 radical (unpaired) electrons. The normalized spacial score (nSPS) is 13.0. The van der Waals surface area contributed by atoms with Crippen LogP contribution >= 0.6 is 0 Å². The van der Waals surface area contributed by atoms with Gasteiger partial charge in [0.2, 0.25) is 0 Å². The Bertz CT molecular complexity index is 317. The van der Waals surface area contributed by atoms with Gasteiger partial charge in [-0.2, -0.15) is 0 Å². The SMILES string of the molecule is CCNC(CCC(C)C)Cc1ccccc1C. The molecule has 1 unspecified atom stereocenters. The van der Waals surface area contributed by atoms with E-state index >= 15 is 0 Å². The highest BCUT2D eigenvalue weighted by Crippen LogP contribution is 2.14. The van der Waals surface area contributed by atoms with E-state index in [9.17, 15) is 0 Å². The molecule has 0 aromatic heterocycles. The van der Waals surface area contributed by atoms with E-state index in [2.05, 4.69) is 57.3 Å². The summed E-state index contributed by atoms with van der Waals surface area (Å²) in [7, 11) is 0. The summed E-state index contributed by atoms with van der Waals surface area (Å²) in [5.74, 6) is 0.799. The minimum absolute atomic E-state index is 0.628. The Hall–Kier alpha value is -0.820. The molecule has 0 aliphatic rings. The summed E-state index contributed by atoms with van der Waals surface area (Å²) in [6, 6.07) is 9.36. The van der Waals surface area contributed by atoms with Gasteiger partial charge < -0.3 is 5.32 Å². The second-order valence-corrected chi connectivity index (χ2v) is 5.36. The monoisotopic (exact) mass is 233 g/mol. The van der Waals surface area contributed by atoms with Crippen molar-refractivity contribution in [3.63, 3.8) is 0 Å². The molecule has 1 nitrogen and oxygen atoms in total. The predicted molar refractivity (Wildman–Crippen MR) is 76.4 cm³/mol. The smallest absolute Gasteiger partial charge is 0.0108 e. The molecule has 0 fully saturated rings. The molecule has 0 saturated heterocycles. The van der Waals surface area contributed by atoms with Gasteiger partial charge in [0.25, 0.3) is 0 Å². The molecular formula is C16H27N. The highest BCUT2D eigenvalue weighted by molar-refractivity contribution is 5.26. The minimum Gasteiger partial charge on any atom is -0.314 e. The van der Waals surface area contributed by atoms with Gasteiger partial charge in [0.05, 0.1) is 0 Å². The van der Waals surface area contributed by atoms with Crippen LogP contribution in [0.15, 0.2) is 24.3 Å². The first-order valence-electron chi connectivity index (χ1n) is 6.91. The van der Waals surface area contributed by atoms with Crippen molar-refractivity contribution in [2.45, 2.75) is 53.0 Å². The van der Waals surface area contributed by atoms with Gasteiger partial charge in [-0.1, -0.05) is 45.0 Å². The van der Waals surface area contributed by atoms with Gasteiger partial charge in [-0.15, -0.1) is 0 Å². The fraction of sp³-hybridized carbons (Fsp3) is 0.625. The van der Waals surface area contributed by atoms with Crippen molar-refractivity contribution in [3.8, 4) is 0 Å². The van der Waals surface area contributed by atoms with Crippen LogP contribution in [0.4, 0.5) is 0 Å². The lowest BCUT2D eigenvalue weighted by Gasteiger charge is -2.20. The number of benzene rings is 1. The van der Waals surface area contributed by atoms with Crippen LogP contribution in [0.2, 0.25) is 0 Å². The lowest BCUT2D eigenvalue weighted by molar-refractivity contribution is 0.434. The number of hydrogen-bond acceptors (Lipinski definition) is 1. The zero-order valence-electron chi connectivity index (χ0n) is 11.8. The number of hydrogen-bond donors (Lipinski definition) is 1. The van der Waals surface area contributed by atoms with E-state index in [1.165, 1.54) is 24.0 Å². The Morgan fingerprint density at radius 2 is 1.82 bits per heavy atom. The molecule has 0 aliphatic heterocycles. The van der Waals surface area contributed by atoms with Crippen LogP contribution in [0, 0.1) is 12.8 Å². The van der Waals surface area contributed by atoms with Crippen molar-refractivity contribution in [1.82, 2.24) is 5.32 Å². The molecule has 0 heterocycles. The maximum absolute atomic E-state index is 3.61. The first-order valence-corrected chi connectivity index (χ1v) is 6.91. The average Bonchev–Trinajstić information content (AvgIpc) is 2.29. The van der Waals surface area contributed by atoms with E-state index in [1.807, 2.05) is 0 Å². The number of aryl methyl sites for hydroxylation is 1. The van der Waals surface area contributed by atoms with Gasteiger partial charge in [-0.05, 0) is 49.8 Å². The number of nitrogens with one attached hydrogen (secondary N) is 1. The predicted octanol–water partition coefficient (Wildman–Crippen LogP) is 3.95. The van der Waals surface area contributed by atoms with Crippen LogP contribution in [-0.4, -0.2) is 12.6 Å². The van der Waals surface area contributed by atoms with Gasteiger partial charge in [0.1, 0.15) is 0 Å². The summed E-state index contributed by atoms with van der Waals surface area (Å²) in [6.45, 7) is 10.1. The summed E-state index contributed by atoms with van der Waals surface area (Å²) in [6.07, 6.45) is 3.75. The van der Waals surface area contributed by atoms with Gasteiger partial charge in [-0.25, -0.2) is 0 Å². The van der Waals surface area contributed by atoms with Gasteiger partial charge in [0, 0.05) is 6.04 Å². The van der Waals surface area contributed by atoms with Crippen molar-refractivity contribution in [3.05, 3.63) is 35.4 Å². The van der Waals surface area contributed by atoms with E-state index in [0.717, 1.165) is 18.9 Å². The molecule has 1 atom stereocenters. The van der Waals surface area contributed by atoms with Crippen molar-refractivity contribution in [2.75, 3.05) is 6.54 Å². The van der Waals surface area contributed by atoms with Crippen LogP contribution < -0.4 is 5.32 Å². The minimum atomic E-state index is 0.628. The van der Waals surface area contributed by atoms with Gasteiger partial charge in [-0.3, -0.25) is 0 Å². The maximum Gasteiger partial charge on any atom is 0.0108 e. The lowest BCUT2D eigenvalue weighted by atomic mass is 9.95. The molecule has 1 heteroatoms. The van der Waals surface area contributed by atoms with Crippen molar-refractivity contribution < 1.29 is 0 Å². The van der Waals surface area contributed by atoms with Crippen molar-refractivity contribution in [1.29, 1.82) is 0 Å². The standard InChI is InChI=1S/C16H27N/c1-5-17-16(11-10-13(2)3)12-15-9-7-6-8-14(15)4/h6-9,13,16-17H,5,10-12H2,1-4H3. The number of rotatable bonds is 7. The number of likely N-dealkylation sites (N-methyl/N-ethyl adjacent to an activating group) is 1. The van der Waals surface area contributed by atoms with Gasteiger partial charge >= 0.3 is 0 Å². The van der Waals surface area contributed by atoms with E-state index in [4.69, 9.17) is 0 Å². The summed E-state index contributed by atoms with van der Waals surface area (Å²) in [5, 5.41) is 3.61. The van der Waals surface area contributed by atoms with Crippen LogP contribution in [0.3, 0.4) is 0 Å². The fourth-order valence-corrected chi connectivity index (χ4v) is 2.20. The maximum atomic E-state index is 3.61. The van der Waals surface area contributed by atoms with E-state index < -0.39 is 0 Å². The second-order valence-electron chi connectivity index (χ2n) is 5.36. The van der Waals surface area contributed by atoms with Crippen LogP contribution in [0.1, 0.15) is 44.7 Å². The van der Waals surface area contributed by atoms with Crippen molar-refractivity contribution in [2.24, 2.45) is 5.92 Å². The second kappa shape index (κ2) is 7.50. The fourth-order valence-electron chi connectivity index (χ4n) is 2.20. The van der Waals surface area contributed by atoms with Crippen LogP contribution in [0.5, 0.6) is 0 Å². The molecule has 1 N–H and O–H groups in total. The topological polar surface area (TPSA) is 12.0 Å². The Labute approximate surface area is 107 Å². The summed E-state index contributed by atoms with van der Waals surface area (Å²) in [5.41, 5.74) is 2.90. The first kappa shape index (κ1) is 14.2. The third kappa shape index (κ3) is 5.36. The molecule has 0 bridgehead atoms. The highest BCUT2D eigenvalue weighted by Gasteiger charge is 2.10. The third-order valence-electron chi connectivity index (χ3n) is 3.31. The summed E-state index contributed by atoms with van der Waals surface area (Å²) < 4.78 is 0. The lowest BCUT2D eigenvalue weighted by Crippen LogP contribution is -2.31. The molecule has 0 aliphatic carbocycles. The molecule has 1 aromatic rings. The quantitative estimate of drug-likeness (QED) is 0.752. The molecule has 17 heavy (non-hydrogen) atoms. The molecule has 96 valence electrons.